The minimum atomic E-state index is -0.138. The molecule has 0 bridgehead atoms. The molecule has 0 aromatic heterocycles. The van der Waals surface area contributed by atoms with Crippen molar-refractivity contribution in [3.05, 3.63) is 83.4 Å². The summed E-state index contributed by atoms with van der Waals surface area (Å²) in [4.78, 5) is 0. The Labute approximate surface area is 190 Å². The quantitative estimate of drug-likeness (QED) is 0.351. The molecule has 4 rings (SSSR count). The topological polar surface area (TPSA) is 81.5 Å². The molecular weight excluding hydrogens is 396 g/mol. The number of methoxy groups -OCH3 is 1. The molecule has 0 saturated carbocycles. The van der Waals surface area contributed by atoms with Gasteiger partial charge in [-0.1, -0.05) is 61.9 Å². The number of aromatic hydroxyl groups is 1. The summed E-state index contributed by atoms with van der Waals surface area (Å²) < 4.78 is 5.18. The van der Waals surface area contributed by atoms with Crippen molar-refractivity contribution in [3.63, 3.8) is 0 Å². The molecule has 32 heavy (non-hydrogen) atoms. The third kappa shape index (κ3) is 5.21. The van der Waals surface area contributed by atoms with Crippen LogP contribution in [0.3, 0.4) is 0 Å². The van der Waals surface area contributed by atoms with Gasteiger partial charge in [0.1, 0.15) is 11.5 Å². The van der Waals surface area contributed by atoms with Crippen molar-refractivity contribution in [1.82, 2.24) is 0 Å². The van der Waals surface area contributed by atoms with E-state index in [4.69, 9.17) is 16.2 Å². The van der Waals surface area contributed by atoms with E-state index >= 15 is 0 Å². The van der Waals surface area contributed by atoms with E-state index in [-0.39, 0.29) is 12.1 Å². The van der Waals surface area contributed by atoms with Crippen molar-refractivity contribution in [2.75, 3.05) is 7.11 Å². The van der Waals surface area contributed by atoms with Gasteiger partial charge in [0.05, 0.1) is 7.11 Å². The first-order valence-corrected chi connectivity index (χ1v) is 11.0. The lowest BCUT2D eigenvalue weighted by Crippen LogP contribution is -2.17. The summed E-state index contributed by atoms with van der Waals surface area (Å²) in [6.07, 6.45) is 0. The molecule has 4 aromatic carbocycles. The van der Waals surface area contributed by atoms with Gasteiger partial charge in [-0.25, -0.2) is 0 Å². The smallest absolute Gasteiger partial charge is 0.120 e. The zero-order valence-electron chi connectivity index (χ0n) is 19.6. The number of nitrogens with two attached hydrogens (primary N) is 2. The summed E-state index contributed by atoms with van der Waals surface area (Å²) >= 11 is 0. The van der Waals surface area contributed by atoms with Crippen molar-refractivity contribution < 1.29 is 9.84 Å². The summed E-state index contributed by atoms with van der Waals surface area (Å²) in [7, 11) is 1.68. The number of hydrogen-bond donors (Lipinski definition) is 3. The predicted octanol–water partition coefficient (Wildman–Crippen LogP) is 6.38. The second-order valence-corrected chi connectivity index (χ2v) is 8.75. The zero-order chi connectivity index (χ0) is 23.4. The van der Waals surface area contributed by atoms with Gasteiger partial charge in [-0.2, -0.15) is 0 Å². The SMILES string of the molecule is COc1ccc2cc(C(C)N)ccc2c1.Cc1ccc2c(C(N)C(C)C)c(O)ccc2c1. The van der Waals surface area contributed by atoms with E-state index in [1.807, 2.05) is 31.2 Å². The van der Waals surface area contributed by atoms with Crippen LogP contribution < -0.4 is 16.2 Å². The molecule has 0 spiro atoms. The highest BCUT2D eigenvalue weighted by Gasteiger charge is 2.17. The van der Waals surface area contributed by atoms with Crippen molar-refractivity contribution in [2.45, 2.75) is 39.8 Å². The van der Waals surface area contributed by atoms with Crippen molar-refractivity contribution >= 4 is 21.5 Å². The molecule has 4 aromatic rings. The molecule has 4 heteroatoms. The molecule has 0 saturated heterocycles. The van der Waals surface area contributed by atoms with Gasteiger partial charge in [-0.3, -0.25) is 0 Å². The van der Waals surface area contributed by atoms with Crippen LogP contribution in [0.4, 0.5) is 0 Å². The van der Waals surface area contributed by atoms with Crippen LogP contribution in [0.5, 0.6) is 11.5 Å². The Morgan fingerprint density at radius 1 is 0.781 bits per heavy atom. The van der Waals surface area contributed by atoms with E-state index in [9.17, 15) is 5.11 Å². The largest absolute Gasteiger partial charge is 0.508 e. The molecule has 0 fully saturated rings. The lowest BCUT2D eigenvalue weighted by atomic mass is 9.91. The maximum atomic E-state index is 10.0. The minimum absolute atomic E-state index is 0.0801. The molecule has 0 aliphatic carbocycles. The monoisotopic (exact) mass is 430 g/mol. The molecule has 0 aliphatic rings. The number of phenolic OH excluding ortho intramolecular Hbond substituents is 1. The molecule has 2 atom stereocenters. The Hall–Kier alpha value is -3.08. The van der Waals surface area contributed by atoms with E-state index in [0.717, 1.165) is 27.6 Å². The van der Waals surface area contributed by atoms with Crippen molar-refractivity contribution in [2.24, 2.45) is 17.4 Å². The number of rotatable bonds is 4. The maximum absolute atomic E-state index is 10.0. The molecule has 0 amide bonds. The fourth-order valence-corrected chi connectivity index (χ4v) is 3.80. The normalized spacial score (nSPS) is 13.0. The fraction of sp³-hybridized carbons (Fsp3) is 0.286. The molecule has 0 radical (unpaired) electrons. The summed E-state index contributed by atoms with van der Waals surface area (Å²) in [6, 6.07) is 22.1. The average Bonchev–Trinajstić information content (AvgIpc) is 2.78. The van der Waals surface area contributed by atoms with Crippen molar-refractivity contribution in [3.8, 4) is 11.5 Å². The lowest BCUT2D eigenvalue weighted by molar-refractivity contribution is 0.415. The first-order chi connectivity index (χ1) is 15.2. The summed E-state index contributed by atoms with van der Waals surface area (Å²) in [5.74, 6) is 1.48. The number of hydrogen-bond acceptors (Lipinski definition) is 4. The standard InChI is InChI=1S/C15H19NO.C13H15NO/c1-9(2)15(16)14-12-6-4-10(3)8-11(12)5-7-13(14)17;1-9(14)10-3-4-12-8-13(15-2)6-5-11(12)7-10/h4-9,15,17H,16H2,1-3H3;3-9H,14H2,1-2H3. The van der Waals surface area contributed by atoms with Crippen LogP contribution in [0.2, 0.25) is 0 Å². The Morgan fingerprint density at radius 2 is 1.44 bits per heavy atom. The Morgan fingerprint density at radius 3 is 2.09 bits per heavy atom. The average molecular weight is 431 g/mol. The summed E-state index contributed by atoms with van der Waals surface area (Å²) in [6.45, 7) is 8.19. The van der Waals surface area contributed by atoms with Crippen LogP contribution >= 0.6 is 0 Å². The third-order valence-corrected chi connectivity index (χ3v) is 5.84. The van der Waals surface area contributed by atoms with Gasteiger partial charge in [0.25, 0.3) is 0 Å². The van der Waals surface area contributed by atoms with Gasteiger partial charge < -0.3 is 21.3 Å². The first-order valence-electron chi connectivity index (χ1n) is 11.0. The number of ether oxygens (including phenoxy) is 1. The van der Waals surface area contributed by atoms with Crippen LogP contribution in [-0.2, 0) is 0 Å². The molecular formula is C28H34N2O2. The number of benzene rings is 4. The van der Waals surface area contributed by atoms with Gasteiger partial charge in [-0.15, -0.1) is 0 Å². The van der Waals surface area contributed by atoms with Gasteiger partial charge in [0, 0.05) is 17.6 Å². The van der Waals surface area contributed by atoms with E-state index in [2.05, 4.69) is 57.2 Å². The lowest BCUT2D eigenvalue weighted by Gasteiger charge is -2.19. The Bertz CT molecular complexity index is 1210. The second kappa shape index (κ2) is 10.0. The zero-order valence-corrected chi connectivity index (χ0v) is 19.6. The van der Waals surface area contributed by atoms with Gasteiger partial charge in [0.2, 0.25) is 0 Å². The highest BCUT2D eigenvalue weighted by atomic mass is 16.5. The first kappa shape index (κ1) is 23.6. The predicted molar refractivity (Wildman–Crippen MR) is 135 cm³/mol. The van der Waals surface area contributed by atoms with Crippen LogP contribution in [0, 0.1) is 12.8 Å². The van der Waals surface area contributed by atoms with E-state index in [1.165, 1.54) is 16.3 Å². The van der Waals surface area contributed by atoms with E-state index in [1.54, 1.807) is 13.2 Å². The molecule has 168 valence electrons. The van der Waals surface area contributed by atoms with E-state index in [0.29, 0.717) is 11.7 Å². The van der Waals surface area contributed by atoms with Crippen LogP contribution in [0.15, 0.2) is 66.7 Å². The van der Waals surface area contributed by atoms with Crippen LogP contribution in [0.25, 0.3) is 21.5 Å². The number of aryl methyl sites for hydroxylation is 1. The Balaban J connectivity index is 0.000000182. The third-order valence-electron chi connectivity index (χ3n) is 5.84. The fourth-order valence-electron chi connectivity index (χ4n) is 3.80. The molecule has 0 aliphatic heterocycles. The molecule has 0 heterocycles. The molecule has 5 N–H and O–H groups in total. The summed E-state index contributed by atoms with van der Waals surface area (Å²) in [5.41, 5.74) is 15.3. The maximum Gasteiger partial charge on any atom is 0.120 e. The van der Waals surface area contributed by atoms with Gasteiger partial charge >= 0.3 is 0 Å². The van der Waals surface area contributed by atoms with Crippen LogP contribution in [-0.4, -0.2) is 12.2 Å². The second-order valence-electron chi connectivity index (χ2n) is 8.75. The number of phenols is 1. The van der Waals surface area contributed by atoms with Crippen molar-refractivity contribution in [1.29, 1.82) is 0 Å². The molecule has 2 unspecified atom stereocenters. The van der Waals surface area contributed by atoms with Crippen LogP contribution in [0.1, 0.15) is 49.5 Å². The van der Waals surface area contributed by atoms with Gasteiger partial charge in [0.15, 0.2) is 0 Å². The Kier molecular flexibility index (Phi) is 7.39. The minimum Gasteiger partial charge on any atom is -0.508 e. The summed E-state index contributed by atoms with van der Waals surface area (Å²) in [5, 5.41) is 14.6. The number of fused-ring (bicyclic) bond motifs is 2. The highest BCUT2D eigenvalue weighted by Crippen LogP contribution is 2.34. The van der Waals surface area contributed by atoms with E-state index < -0.39 is 0 Å². The highest BCUT2D eigenvalue weighted by molar-refractivity contribution is 5.89. The molecule has 4 nitrogen and oxygen atoms in total. The van der Waals surface area contributed by atoms with Gasteiger partial charge in [-0.05, 0) is 71.1 Å².